The van der Waals surface area contributed by atoms with Crippen molar-refractivity contribution < 1.29 is 66.6 Å². The second kappa shape index (κ2) is 17.7. The van der Waals surface area contributed by atoms with E-state index in [-0.39, 0.29) is 88.3 Å². The maximum Gasteiger partial charge on any atom is 0.374 e. The monoisotopic (exact) mass is 682 g/mol. The van der Waals surface area contributed by atoms with Gasteiger partial charge in [0, 0.05) is 10.8 Å². The quantitative estimate of drug-likeness (QED) is 0.0780. The minimum atomic E-state index is -1.05. The molecule has 14 heteroatoms. The van der Waals surface area contributed by atoms with Gasteiger partial charge in [-0.3, -0.25) is 4.79 Å². The summed E-state index contributed by atoms with van der Waals surface area (Å²) in [4.78, 5) is 50.0. The third-order valence-electron chi connectivity index (χ3n) is 7.54. The van der Waals surface area contributed by atoms with Crippen molar-refractivity contribution >= 4 is 23.7 Å². The number of esters is 3. The number of ketones is 1. The molecular formula is C34H50O14. The number of aliphatic hydroxyl groups excluding tert-OH is 2. The highest BCUT2D eigenvalue weighted by Crippen LogP contribution is 2.38. The SMILES string of the molecule is CC(C)(COCC(C)(C)COC(C)(C)C(C)(C)C(=O)c1ccc(C(=O)OCCO)o1)COC(=O)c1ccc(C(=O)OCCOCCO)o1. The van der Waals surface area contributed by atoms with Gasteiger partial charge in [-0.1, -0.05) is 27.7 Å². The molecule has 0 atom stereocenters. The summed E-state index contributed by atoms with van der Waals surface area (Å²) in [7, 11) is 0. The number of aliphatic hydroxyl groups is 2. The Morgan fingerprint density at radius 3 is 1.56 bits per heavy atom. The van der Waals surface area contributed by atoms with Crippen LogP contribution in [0.1, 0.15) is 97.6 Å². The van der Waals surface area contributed by atoms with Gasteiger partial charge in [-0.05, 0) is 52.0 Å². The topological polar surface area (TPSA) is 190 Å². The van der Waals surface area contributed by atoms with Crippen molar-refractivity contribution in [3.8, 4) is 0 Å². The van der Waals surface area contributed by atoms with Crippen LogP contribution in [0.2, 0.25) is 0 Å². The van der Waals surface area contributed by atoms with Crippen LogP contribution in [0.25, 0.3) is 0 Å². The number of hydrogen-bond donors (Lipinski definition) is 2. The van der Waals surface area contributed by atoms with Crippen LogP contribution in [0, 0.1) is 16.2 Å². The summed E-state index contributed by atoms with van der Waals surface area (Å²) in [6.45, 7) is 15.2. The Kier molecular flexibility index (Phi) is 15.0. The Bertz CT molecular complexity index is 1350. The molecule has 0 aromatic carbocycles. The van der Waals surface area contributed by atoms with Crippen molar-refractivity contribution in [1.29, 1.82) is 0 Å². The van der Waals surface area contributed by atoms with Crippen LogP contribution in [0.5, 0.6) is 0 Å². The van der Waals surface area contributed by atoms with Gasteiger partial charge in [0.1, 0.15) is 13.2 Å². The maximum absolute atomic E-state index is 13.4. The first-order valence-corrected chi connectivity index (χ1v) is 15.6. The zero-order chi connectivity index (χ0) is 36.2. The van der Waals surface area contributed by atoms with E-state index >= 15 is 0 Å². The van der Waals surface area contributed by atoms with Crippen LogP contribution in [0.4, 0.5) is 0 Å². The van der Waals surface area contributed by atoms with E-state index in [0.29, 0.717) is 6.61 Å². The highest BCUT2D eigenvalue weighted by Gasteiger charge is 2.46. The van der Waals surface area contributed by atoms with E-state index in [4.69, 9.17) is 47.5 Å². The number of carbonyl (C=O) groups is 4. The lowest BCUT2D eigenvalue weighted by Gasteiger charge is -2.41. The zero-order valence-corrected chi connectivity index (χ0v) is 29.2. The molecule has 0 unspecified atom stereocenters. The minimum Gasteiger partial charge on any atom is -0.459 e. The molecule has 0 aliphatic heterocycles. The van der Waals surface area contributed by atoms with Crippen molar-refractivity contribution in [1.82, 2.24) is 0 Å². The minimum absolute atomic E-state index is 0.00932. The van der Waals surface area contributed by atoms with Gasteiger partial charge in [-0.25, -0.2) is 14.4 Å². The lowest BCUT2D eigenvalue weighted by Crippen LogP contribution is -2.48. The molecule has 48 heavy (non-hydrogen) atoms. The average molecular weight is 683 g/mol. The second-order valence-electron chi connectivity index (χ2n) is 13.8. The predicted molar refractivity (Wildman–Crippen MR) is 170 cm³/mol. The molecule has 2 aromatic rings. The van der Waals surface area contributed by atoms with E-state index in [1.807, 2.05) is 27.7 Å². The molecule has 2 heterocycles. The van der Waals surface area contributed by atoms with Crippen molar-refractivity contribution in [2.45, 2.75) is 61.0 Å². The summed E-state index contributed by atoms with van der Waals surface area (Å²) in [5, 5.41) is 17.5. The van der Waals surface area contributed by atoms with E-state index in [1.165, 1.54) is 24.3 Å². The smallest absolute Gasteiger partial charge is 0.374 e. The van der Waals surface area contributed by atoms with Crippen LogP contribution in [-0.4, -0.2) is 106 Å². The van der Waals surface area contributed by atoms with Crippen LogP contribution < -0.4 is 0 Å². The van der Waals surface area contributed by atoms with Crippen LogP contribution in [-0.2, 0) is 28.4 Å². The van der Waals surface area contributed by atoms with E-state index in [0.717, 1.165) is 0 Å². The number of Topliss-reactive ketones (excluding diaryl/α,β-unsaturated/α-hetero) is 1. The fourth-order valence-corrected chi connectivity index (χ4v) is 3.92. The Morgan fingerprint density at radius 1 is 0.562 bits per heavy atom. The molecule has 0 aliphatic carbocycles. The summed E-state index contributed by atoms with van der Waals surface area (Å²) in [6, 6.07) is 5.41. The standard InChI is InChI=1S/C34H50O14/c1-31(2,21-45-30(40)26-12-11-25(48-26)29(39)44-18-17-41-15-13-35)19-42-20-32(3,4)22-46-34(7,8)33(5,6)27(37)23-9-10-24(47-23)28(38)43-16-14-36/h9-12,35-36H,13-22H2,1-8H3. The van der Waals surface area contributed by atoms with Gasteiger partial charge in [-0.15, -0.1) is 0 Å². The normalized spacial score (nSPS) is 12.5. The van der Waals surface area contributed by atoms with Gasteiger partial charge in [-0.2, -0.15) is 0 Å². The summed E-state index contributed by atoms with van der Waals surface area (Å²) >= 11 is 0. The van der Waals surface area contributed by atoms with Crippen LogP contribution >= 0.6 is 0 Å². The second-order valence-corrected chi connectivity index (χ2v) is 13.8. The van der Waals surface area contributed by atoms with Crippen molar-refractivity contribution in [3.05, 3.63) is 47.3 Å². The van der Waals surface area contributed by atoms with Crippen LogP contribution in [0.15, 0.2) is 33.1 Å². The fourth-order valence-electron chi connectivity index (χ4n) is 3.92. The fraction of sp³-hybridized carbons (Fsp3) is 0.647. The first kappa shape index (κ1) is 40.6. The van der Waals surface area contributed by atoms with Gasteiger partial charge in [0.15, 0.2) is 5.76 Å². The molecule has 0 radical (unpaired) electrons. The third-order valence-corrected chi connectivity index (χ3v) is 7.54. The molecule has 2 N–H and O–H groups in total. The van der Waals surface area contributed by atoms with Gasteiger partial charge in [0.25, 0.3) is 0 Å². The Labute approximate surface area is 280 Å². The first-order chi connectivity index (χ1) is 22.4. The molecule has 2 aromatic heterocycles. The molecular weight excluding hydrogens is 632 g/mol. The van der Waals surface area contributed by atoms with Crippen LogP contribution in [0.3, 0.4) is 0 Å². The highest BCUT2D eigenvalue weighted by molar-refractivity contribution is 5.99. The average Bonchev–Trinajstić information content (AvgIpc) is 3.72. The summed E-state index contributed by atoms with van der Waals surface area (Å²) in [5.41, 5.74) is -3.02. The van der Waals surface area contributed by atoms with Gasteiger partial charge in [0.05, 0.1) is 63.9 Å². The van der Waals surface area contributed by atoms with Crippen molar-refractivity contribution in [2.75, 3.05) is 66.1 Å². The number of furan rings is 2. The zero-order valence-electron chi connectivity index (χ0n) is 29.2. The first-order valence-electron chi connectivity index (χ1n) is 15.6. The molecule has 0 saturated heterocycles. The summed E-state index contributed by atoms with van der Waals surface area (Å²) in [6.07, 6.45) is 0. The molecule has 0 amide bonds. The van der Waals surface area contributed by atoms with E-state index < -0.39 is 39.8 Å². The lowest BCUT2D eigenvalue weighted by molar-refractivity contribution is -0.121. The van der Waals surface area contributed by atoms with Crippen molar-refractivity contribution in [2.24, 2.45) is 16.2 Å². The Morgan fingerprint density at radius 2 is 1.02 bits per heavy atom. The third kappa shape index (κ3) is 12.2. The number of hydrogen-bond acceptors (Lipinski definition) is 14. The summed E-state index contributed by atoms with van der Waals surface area (Å²) in [5.74, 6) is -3.08. The van der Waals surface area contributed by atoms with E-state index in [1.54, 1.807) is 27.7 Å². The largest absolute Gasteiger partial charge is 0.459 e. The summed E-state index contributed by atoms with van der Waals surface area (Å²) < 4.78 is 43.3. The van der Waals surface area contributed by atoms with Crippen molar-refractivity contribution in [3.63, 3.8) is 0 Å². The number of carbonyl (C=O) groups excluding carboxylic acids is 4. The molecule has 14 nitrogen and oxygen atoms in total. The molecule has 0 spiro atoms. The molecule has 0 fully saturated rings. The molecule has 2 rings (SSSR count). The molecule has 0 bridgehead atoms. The van der Waals surface area contributed by atoms with E-state index in [2.05, 4.69) is 0 Å². The molecule has 0 aliphatic rings. The van der Waals surface area contributed by atoms with Gasteiger partial charge < -0.3 is 47.5 Å². The maximum atomic E-state index is 13.4. The molecule has 0 saturated carbocycles. The molecule has 270 valence electrons. The number of ether oxygens (including phenoxy) is 6. The predicted octanol–water partition coefficient (Wildman–Crippen LogP) is 4.12. The Hall–Kier alpha value is -3.56. The Balaban J connectivity index is 1.83. The number of rotatable bonds is 22. The lowest BCUT2D eigenvalue weighted by atomic mass is 9.72. The highest BCUT2D eigenvalue weighted by atomic mass is 16.6. The van der Waals surface area contributed by atoms with Gasteiger partial charge in [0.2, 0.25) is 23.1 Å². The van der Waals surface area contributed by atoms with E-state index in [9.17, 15) is 19.2 Å². The van der Waals surface area contributed by atoms with Gasteiger partial charge >= 0.3 is 17.9 Å².